The van der Waals surface area contributed by atoms with Crippen molar-refractivity contribution < 1.29 is 14.3 Å². The molecule has 1 N–H and O–H groups in total. The molecule has 1 aliphatic carbocycles. The van der Waals surface area contributed by atoms with Crippen molar-refractivity contribution in [2.24, 2.45) is 11.8 Å². The summed E-state index contributed by atoms with van der Waals surface area (Å²) in [5.74, 6) is 0.650. The molecular weight excluding hydrogens is 316 g/mol. The maximum atomic E-state index is 12.6. The zero-order valence-corrected chi connectivity index (χ0v) is 14.9. The van der Waals surface area contributed by atoms with E-state index in [1.807, 2.05) is 23.1 Å². The number of hydrogen-bond donors (Lipinski definition) is 1. The molecular formula is C20H28N2O3. The lowest BCUT2D eigenvalue weighted by atomic mass is 9.95. The molecule has 1 heterocycles. The number of nitrogens with zero attached hydrogens (tertiary/aromatic N) is 1. The Kier molecular flexibility index (Phi) is 6.08. The molecule has 2 amide bonds. The van der Waals surface area contributed by atoms with Gasteiger partial charge in [0.25, 0.3) is 0 Å². The monoisotopic (exact) mass is 344 g/mol. The fourth-order valence-corrected chi connectivity index (χ4v) is 3.52. The van der Waals surface area contributed by atoms with Gasteiger partial charge in [-0.1, -0.05) is 30.3 Å². The highest BCUT2D eigenvalue weighted by atomic mass is 16.5. The van der Waals surface area contributed by atoms with Crippen LogP contribution in [-0.4, -0.2) is 49.6 Å². The maximum Gasteiger partial charge on any atom is 0.225 e. The van der Waals surface area contributed by atoms with Crippen molar-refractivity contribution in [3.63, 3.8) is 0 Å². The molecule has 2 aliphatic rings. The molecule has 1 saturated carbocycles. The lowest BCUT2D eigenvalue weighted by molar-refractivity contribution is -0.137. The SMILES string of the molecule is COC[C@H](Cc1ccccc1)NC(=O)C1CCN(C(=O)C2CC2)CC1. The minimum atomic E-state index is -0.0222. The first-order chi connectivity index (χ1) is 12.2. The Morgan fingerprint density at radius 1 is 1.12 bits per heavy atom. The average Bonchev–Trinajstić information content (AvgIpc) is 3.47. The van der Waals surface area contributed by atoms with Crippen LogP contribution in [0.25, 0.3) is 0 Å². The third kappa shape index (κ3) is 5.05. The number of methoxy groups -OCH3 is 1. The molecule has 2 fully saturated rings. The van der Waals surface area contributed by atoms with E-state index < -0.39 is 0 Å². The van der Waals surface area contributed by atoms with Crippen molar-refractivity contribution >= 4 is 11.8 Å². The predicted molar refractivity (Wildman–Crippen MR) is 96.0 cm³/mol. The van der Waals surface area contributed by atoms with Crippen molar-refractivity contribution in [3.05, 3.63) is 35.9 Å². The molecule has 0 spiro atoms. The van der Waals surface area contributed by atoms with Gasteiger partial charge in [0.15, 0.2) is 0 Å². The topological polar surface area (TPSA) is 58.6 Å². The first-order valence-electron chi connectivity index (χ1n) is 9.29. The van der Waals surface area contributed by atoms with Gasteiger partial charge in [-0.05, 0) is 37.7 Å². The highest BCUT2D eigenvalue weighted by Crippen LogP contribution is 2.32. The van der Waals surface area contributed by atoms with E-state index in [9.17, 15) is 9.59 Å². The van der Waals surface area contributed by atoms with Crippen molar-refractivity contribution in [1.82, 2.24) is 10.2 Å². The number of ether oxygens (including phenoxy) is 1. The zero-order valence-electron chi connectivity index (χ0n) is 14.9. The lowest BCUT2D eigenvalue weighted by Gasteiger charge is -2.32. The van der Waals surface area contributed by atoms with E-state index in [2.05, 4.69) is 17.4 Å². The van der Waals surface area contributed by atoms with Crippen LogP contribution >= 0.6 is 0 Å². The lowest BCUT2D eigenvalue weighted by Crippen LogP contribution is -2.47. The molecule has 0 radical (unpaired) electrons. The highest BCUT2D eigenvalue weighted by Gasteiger charge is 2.36. The summed E-state index contributed by atoms with van der Waals surface area (Å²) in [6.45, 7) is 1.92. The van der Waals surface area contributed by atoms with Gasteiger partial charge in [0.05, 0.1) is 12.6 Å². The molecule has 1 aromatic carbocycles. The summed E-state index contributed by atoms with van der Waals surface area (Å²) in [7, 11) is 1.66. The summed E-state index contributed by atoms with van der Waals surface area (Å²) in [6.07, 6.45) is 4.36. The number of amides is 2. The second-order valence-electron chi connectivity index (χ2n) is 7.22. The number of piperidine rings is 1. The zero-order chi connectivity index (χ0) is 17.6. The van der Waals surface area contributed by atoms with E-state index in [4.69, 9.17) is 4.74 Å². The molecule has 1 aliphatic heterocycles. The summed E-state index contributed by atoms with van der Waals surface area (Å²) in [5.41, 5.74) is 1.19. The molecule has 3 rings (SSSR count). The van der Waals surface area contributed by atoms with E-state index in [1.54, 1.807) is 7.11 Å². The number of hydrogen-bond acceptors (Lipinski definition) is 3. The first kappa shape index (κ1) is 17.9. The van der Waals surface area contributed by atoms with E-state index >= 15 is 0 Å². The Hall–Kier alpha value is -1.88. The summed E-state index contributed by atoms with van der Waals surface area (Å²) >= 11 is 0. The summed E-state index contributed by atoms with van der Waals surface area (Å²) < 4.78 is 5.28. The van der Waals surface area contributed by atoms with Gasteiger partial charge in [-0.15, -0.1) is 0 Å². The number of nitrogens with one attached hydrogen (secondary N) is 1. The largest absolute Gasteiger partial charge is 0.383 e. The Labute approximate surface area is 149 Å². The minimum absolute atomic E-state index is 0.00150. The summed E-state index contributed by atoms with van der Waals surface area (Å²) in [6, 6.07) is 10.1. The quantitative estimate of drug-likeness (QED) is 0.823. The predicted octanol–water partition coefficient (Wildman–Crippen LogP) is 2.01. The normalized spacial score (nSPS) is 19.5. The molecule has 5 heteroatoms. The van der Waals surface area contributed by atoms with Gasteiger partial charge < -0.3 is 15.0 Å². The highest BCUT2D eigenvalue weighted by molar-refractivity contribution is 5.82. The van der Waals surface area contributed by atoms with Crippen LogP contribution in [0.2, 0.25) is 0 Å². The standard InChI is InChI=1S/C20H28N2O3/c1-25-14-18(13-15-5-3-2-4-6-15)21-19(23)16-9-11-22(12-10-16)20(24)17-7-8-17/h2-6,16-18H,7-14H2,1H3,(H,21,23)/t18-/m0/s1. The molecule has 1 atom stereocenters. The van der Waals surface area contributed by atoms with Gasteiger partial charge in [0.1, 0.15) is 0 Å². The van der Waals surface area contributed by atoms with Crippen molar-refractivity contribution in [2.45, 2.75) is 38.1 Å². The summed E-state index contributed by atoms with van der Waals surface area (Å²) in [5, 5.41) is 3.15. The van der Waals surface area contributed by atoms with E-state index in [-0.39, 0.29) is 23.8 Å². The van der Waals surface area contributed by atoms with Crippen molar-refractivity contribution in [2.75, 3.05) is 26.8 Å². The van der Waals surface area contributed by atoms with Gasteiger partial charge in [-0.3, -0.25) is 9.59 Å². The van der Waals surface area contributed by atoms with Gasteiger partial charge in [-0.25, -0.2) is 0 Å². The molecule has 136 valence electrons. The third-order valence-corrected chi connectivity index (χ3v) is 5.14. The molecule has 0 bridgehead atoms. The van der Waals surface area contributed by atoms with E-state index in [1.165, 1.54) is 5.56 Å². The third-order valence-electron chi connectivity index (χ3n) is 5.14. The number of carbonyl (C=O) groups excluding carboxylic acids is 2. The Morgan fingerprint density at radius 3 is 2.40 bits per heavy atom. The second kappa shape index (κ2) is 8.48. The van der Waals surface area contributed by atoms with E-state index in [0.29, 0.717) is 25.6 Å². The maximum absolute atomic E-state index is 12.6. The van der Waals surface area contributed by atoms with Crippen LogP contribution < -0.4 is 5.32 Å². The van der Waals surface area contributed by atoms with Gasteiger partial charge in [0.2, 0.25) is 11.8 Å². The molecule has 0 aromatic heterocycles. The first-order valence-corrected chi connectivity index (χ1v) is 9.29. The van der Waals surface area contributed by atoms with Crippen LogP contribution in [0.15, 0.2) is 30.3 Å². The average molecular weight is 344 g/mol. The van der Waals surface area contributed by atoms with Crippen molar-refractivity contribution in [1.29, 1.82) is 0 Å². The van der Waals surface area contributed by atoms with Gasteiger partial charge >= 0.3 is 0 Å². The molecule has 1 aromatic rings. The van der Waals surface area contributed by atoms with Crippen molar-refractivity contribution in [3.8, 4) is 0 Å². The molecule has 0 unspecified atom stereocenters. The number of benzene rings is 1. The molecule has 25 heavy (non-hydrogen) atoms. The van der Waals surface area contributed by atoms with Crippen LogP contribution in [-0.2, 0) is 20.7 Å². The molecule has 5 nitrogen and oxygen atoms in total. The van der Waals surface area contributed by atoms with E-state index in [0.717, 1.165) is 32.1 Å². The number of likely N-dealkylation sites (tertiary alicyclic amines) is 1. The Balaban J connectivity index is 1.48. The van der Waals surface area contributed by atoms with Crippen LogP contribution in [0.5, 0.6) is 0 Å². The fraction of sp³-hybridized carbons (Fsp3) is 0.600. The molecule has 1 saturated heterocycles. The Morgan fingerprint density at radius 2 is 1.80 bits per heavy atom. The number of rotatable bonds is 7. The van der Waals surface area contributed by atoms with Crippen LogP contribution in [0.1, 0.15) is 31.2 Å². The van der Waals surface area contributed by atoms with Crippen LogP contribution in [0.4, 0.5) is 0 Å². The fourth-order valence-electron chi connectivity index (χ4n) is 3.52. The van der Waals surface area contributed by atoms with Gasteiger partial charge in [-0.2, -0.15) is 0 Å². The minimum Gasteiger partial charge on any atom is -0.383 e. The van der Waals surface area contributed by atoms with Crippen LogP contribution in [0.3, 0.4) is 0 Å². The second-order valence-corrected chi connectivity index (χ2v) is 7.22. The van der Waals surface area contributed by atoms with Gasteiger partial charge in [0, 0.05) is 32.0 Å². The Bertz CT molecular complexity index is 578. The summed E-state index contributed by atoms with van der Waals surface area (Å²) in [4.78, 5) is 26.7. The smallest absolute Gasteiger partial charge is 0.225 e. The number of carbonyl (C=O) groups is 2. The van der Waals surface area contributed by atoms with Crippen LogP contribution in [0, 0.1) is 11.8 Å².